The summed E-state index contributed by atoms with van der Waals surface area (Å²) in [6, 6.07) is 8.49. The smallest absolute Gasteiger partial charge is 0.362 e. The number of halogens is 1. The molecule has 1 heterocycles. The van der Waals surface area contributed by atoms with Gasteiger partial charge in [-0.2, -0.15) is 5.26 Å². The number of carbonyl (C=O) groups excluding carboxylic acids is 1. The van der Waals surface area contributed by atoms with Crippen LogP contribution < -0.4 is 0 Å². The van der Waals surface area contributed by atoms with Crippen LogP contribution in [0.25, 0.3) is 10.9 Å². The molecule has 0 aliphatic heterocycles. The fourth-order valence-corrected chi connectivity index (χ4v) is 1.76. The molecule has 1 unspecified atom stereocenters. The van der Waals surface area contributed by atoms with Gasteiger partial charge in [0.2, 0.25) is 0 Å². The maximum absolute atomic E-state index is 13.9. The molecule has 0 saturated heterocycles. The van der Waals surface area contributed by atoms with Gasteiger partial charge >= 0.3 is 5.97 Å². The number of carbonyl (C=O) groups is 1. The maximum atomic E-state index is 13.9. The minimum Gasteiger partial charge on any atom is -0.462 e. The molecule has 4 nitrogen and oxygen atoms in total. The molecule has 0 radical (unpaired) electrons. The summed E-state index contributed by atoms with van der Waals surface area (Å²) in [5.41, 5.74) is 1.04. The molecule has 0 saturated carbocycles. The molecule has 5 heteroatoms. The summed E-state index contributed by atoms with van der Waals surface area (Å²) in [6.07, 6.45) is -0.400. The van der Waals surface area contributed by atoms with Gasteiger partial charge < -0.3 is 9.30 Å². The zero-order valence-corrected chi connectivity index (χ0v) is 9.76. The molecule has 0 spiro atoms. The number of hydrogen-bond donors (Lipinski definition) is 0. The van der Waals surface area contributed by atoms with E-state index in [1.807, 2.05) is 6.07 Å². The highest BCUT2D eigenvalue weighted by Crippen LogP contribution is 2.23. The van der Waals surface area contributed by atoms with Crippen molar-refractivity contribution in [3.05, 3.63) is 36.0 Å². The lowest BCUT2D eigenvalue weighted by molar-refractivity contribution is -0.152. The van der Waals surface area contributed by atoms with Crippen LogP contribution in [0.5, 0.6) is 0 Å². The highest BCUT2D eigenvalue weighted by atomic mass is 19.1. The summed E-state index contributed by atoms with van der Waals surface area (Å²) in [6.45, 7) is 1.76. The fourth-order valence-electron chi connectivity index (χ4n) is 1.76. The molecule has 0 N–H and O–H groups in total. The van der Waals surface area contributed by atoms with Gasteiger partial charge in [0.15, 0.2) is 0 Å². The van der Waals surface area contributed by atoms with E-state index >= 15 is 0 Å². The lowest BCUT2D eigenvalue weighted by Crippen LogP contribution is -2.17. The van der Waals surface area contributed by atoms with E-state index in [-0.39, 0.29) is 6.61 Å². The number of nitrogens with zero attached hydrogens (tertiary/aromatic N) is 2. The Kier molecular flexibility index (Phi) is 3.28. The van der Waals surface area contributed by atoms with Crippen LogP contribution in [0.3, 0.4) is 0 Å². The number of aromatic nitrogens is 1. The van der Waals surface area contributed by atoms with Crippen molar-refractivity contribution in [2.45, 2.75) is 13.2 Å². The fraction of sp³-hybridized carbons (Fsp3) is 0.231. The maximum Gasteiger partial charge on any atom is 0.362 e. The van der Waals surface area contributed by atoms with Crippen LogP contribution in [0, 0.1) is 11.3 Å². The SMILES string of the molecule is CCOC(=O)C(F)n1ccc2cc(C#N)ccc21. The monoisotopic (exact) mass is 246 g/mol. The first-order valence-corrected chi connectivity index (χ1v) is 5.48. The van der Waals surface area contributed by atoms with Gasteiger partial charge in [-0.25, -0.2) is 9.18 Å². The van der Waals surface area contributed by atoms with Crippen LogP contribution in [0.4, 0.5) is 4.39 Å². The third kappa shape index (κ3) is 2.05. The van der Waals surface area contributed by atoms with Gasteiger partial charge in [-0.1, -0.05) is 0 Å². The Morgan fingerprint density at radius 1 is 1.56 bits per heavy atom. The molecule has 0 aliphatic rings. The van der Waals surface area contributed by atoms with E-state index in [0.29, 0.717) is 16.5 Å². The number of rotatable bonds is 3. The Hall–Kier alpha value is -2.35. The second kappa shape index (κ2) is 4.88. The molecule has 0 aliphatic carbocycles. The molecule has 0 amide bonds. The van der Waals surface area contributed by atoms with Crippen molar-refractivity contribution in [2.75, 3.05) is 6.61 Å². The van der Waals surface area contributed by atoms with Crippen molar-refractivity contribution in [1.29, 1.82) is 5.26 Å². The van der Waals surface area contributed by atoms with Gasteiger partial charge in [0.1, 0.15) is 0 Å². The molecule has 1 aromatic heterocycles. The number of alkyl halides is 1. The van der Waals surface area contributed by atoms with Gasteiger partial charge in [0.05, 0.1) is 23.8 Å². The zero-order chi connectivity index (χ0) is 13.1. The van der Waals surface area contributed by atoms with Gasteiger partial charge in [0.25, 0.3) is 6.30 Å². The van der Waals surface area contributed by atoms with E-state index in [1.54, 1.807) is 31.2 Å². The van der Waals surface area contributed by atoms with Crippen LogP contribution >= 0.6 is 0 Å². The van der Waals surface area contributed by atoms with E-state index in [4.69, 9.17) is 5.26 Å². The average Bonchev–Trinajstić information content (AvgIpc) is 2.80. The molecule has 2 aromatic rings. The standard InChI is InChI=1S/C13H11FN2O2/c1-2-18-13(17)12(14)16-6-5-10-7-9(8-15)3-4-11(10)16/h3-7,12H,2H2,1H3. The second-order valence-electron chi connectivity index (χ2n) is 3.70. The molecular weight excluding hydrogens is 235 g/mol. The molecule has 18 heavy (non-hydrogen) atoms. The molecule has 2 rings (SSSR count). The first-order chi connectivity index (χ1) is 8.67. The Morgan fingerprint density at radius 2 is 2.33 bits per heavy atom. The third-order valence-corrected chi connectivity index (χ3v) is 2.57. The predicted octanol–water partition coefficient (Wildman–Crippen LogP) is 2.54. The summed E-state index contributed by atoms with van der Waals surface area (Å²) < 4.78 is 19.7. The summed E-state index contributed by atoms with van der Waals surface area (Å²) in [5.74, 6) is -0.917. The molecule has 1 atom stereocenters. The van der Waals surface area contributed by atoms with E-state index in [1.165, 1.54) is 10.8 Å². The first-order valence-electron chi connectivity index (χ1n) is 5.48. The van der Waals surface area contributed by atoms with Crippen molar-refractivity contribution in [3.8, 4) is 6.07 Å². The van der Waals surface area contributed by atoms with Crippen molar-refractivity contribution < 1.29 is 13.9 Å². The predicted molar refractivity (Wildman–Crippen MR) is 63.4 cm³/mol. The molecule has 92 valence electrons. The molecule has 0 fully saturated rings. The van der Waals surface area contributed by atoms with Crippen molar-refractivity contribution >= 4 is 16.9 Å². The van der Waals surface area contributed by atoms with Gasteiger partial charge in [0, 0.05) is 11.6 Å². The van der Waals surface area contributed by atoms with Gasteiger partial charge in [-0.15, -0.1) is 0 Å². The van der Waals surface area contributed by atoms with Crippen LogP contribution in [-0.2, 0) is 9.53 Å². The van der Waals surface area contributed by atoms with E-state index < -0.39 is 12.3 Å². The number of benzene rings is 1. The number of hydrogen-bond acceptors (Lipinski definition) is 3. The normalized spacial score (nSPS) is 12.1. The lowest BCUT2D eigenvalue weighted by Gasteiger charge is -2.10. The number of nitriles is 1. The third-order valence-electron chi connectivity index (χ3n) is 2.57. The van der Waals surface area contributed by atoms with E-state index in [2.05, 4.69) is 4.74 Å². The molecule has 1 aromatic carbocycles. The highest BCUT2D eigenvalue weighted by molar-refractivity contribution is 5.84. The average molecular weight is 246 g/mol. The van der Waals surface area contributed by atoms with Crippen molar-refractivity contribution in [2.24, 2.45) is 0 Å². The van der Waals surface area contributed by atoms with Crippen molar-refractivity contribution in [3.63, 3.8) is 0 Å². The van der Waals surface area contributed by atoms with Crippen molar-refractivity contribution in [1.82, 2.24) is 4.57 Å². The summed E-state index contributed by atoms with van der Waals surface area (Å²) in [4.78, 5) is 11.3. The molecular formula is C13H11FN2O2. The van der Waals surface area contributed by atoms with Gasteiger partial charge in [-0.3, -0.25) is 0 Å². The number of esters is 1. The van der Waals surface area contributed by atoms with Crippen LogP contribution in [-0.4, -0.2) is 17.1 Å². The Balaban J connectivity index is 2.41. The Labute approximate surface area is 103 Å². The summed E-state index contributed by atoms with van der Waals surface area (Å²) >= 11 is 0. The topological polar surface area (TPSA) is 55.0 Å². The quantitative estimate of drug-likeness (QED) is 0.782. The largest absolute Gasteiger partial charge is 0.462 e. The molecule has 0 bridgehead atoms. The minimum atomic E-state index is -1.87. The Morgan fingerprint density at radius 3 is 3.00 bits per heavy atom. The van der Waals surface area contributed by atoms with E-state index in [9.17, 15) is 9.18 Å². The number of ether oxygens (including phenoxy) is 1. The van der Waals surface area contributed by atoms with Crippen LogP contribution in [0.2, 0.25) is 0 Å². The van der Waals surface area contributed by atoms with Crippen LogP contribution in [0.1, 0.15) is 18.8 Å². The summed E-state index contributed by atoms with van der Waals surface area (Å²) in [5, 5.41) is 9.48. The first kappa shape index (κ1) is 12.1. The van der Waals surface area contributed by atoms with Crippen LogP contribution in [0.15, 0.2) is 30.5 Å². The Bertz CT molecular complexity index is 627. The number of fused-ring (bicyclic) bond motifs is 1. The highest BCUT2D eigenvalue weighted by Gasteiger charge is 2.21. The second-order valence-corrected chi connectivity index (χ2v) is 3.70. The minimum absolute atomic E-state index is 0.136. The lowest BCUT2D eigenvalue weighted by atomic mass is 10.2. The van der Waals surface area contributed by atoms with Gasteiger partial charge in [-0.05, 0) is 31.2 Å². The van der Waals surface area contributed by atoms with E-state index in [0.717, 1.165) is 0 Å². The zero-order valence-electron chi connectivity index (χ0n) is 9.76. The summed E-state index contributed by atoms with van der Waals surface area (Å²) in [7, 11) is 0.